The quantitative estimate of drug-likeness (QED) is 0.502. The van der Waals surface area contributed by atoms with E-state index in [1.807, 2.05) is 43.3 Å². The maximum atomic E-state index is 13.9. The molecule has 1 amide bonds. The Morgan fingerprint density at radius 2 is 1.76 bits per heavy atom. The molecule has 0 aliphatic carbocycles. The molecule has 2 N–H and O–H groups in total. The predicted molar refractivity (Wildman–Crippen MR) is 108 cm³/mol. The molecule has 5 nitrogen and oxygen atoms in total. The number of aromatic nitrogens is 2. The number of hydrogen-bond acceptors (Lipinski definition) is 4. The fourth-order valence-electron chi connectivity index (χ4n) is 2.90. The molecular formula is C22H16F2N4O. The second-order valence-corrected chi connectivity index (χ2v) is 6.49. The highest BCUT2D eigenvalue weighted by atomic mass is 19.1. The van der Waals surface area contributed by atoms with Gasteiger partial charge in [0.05, 0.1) is 11.2 Å². The van der Waals surface area contributed by atoms with E-state index in [2.05, 4.69) is 20.6 Å². The van der Waals surface area contributed by atoms with Crippen molar-refractivity contribution < 1.29 is 13.6 Å². The van der Waals surface area contributed by atoms with Crippen LogP contribution in [0.3, 0.4) is 0 Å². The first-order valence-electron chi connectivity index (χ1n) is 8.86. The average molecular weight is 390 g/mol. The van der Waals surface area contributed by atoms with Crippen molar-refractivity contribution in [2.45, 2.75) is 6.92 Å². The lowest BCUT2D eigenvalue weighted by molar-refractivity contribution is 0.101. The average Bonchev–Trinajstić information content (AvgIpc) is 2.70. The van der Waals surface area contributed by atoms with E-state index in [1.54, 1.807) is 12.1 Å². The van der Waals surface area contributed by atoms with Gasteiger partial charge in [-0.05, 0) is 48.9 Å². The topological polar surface area (TPSA) is 66.9 Å². The molecular weight excluding hydrogens is 374 g/mol. The highest BCUT2D eigenvalue weighted by molar-refractivity contribution is 6.04. The largest absolute Gasteiger partial charge is 0.340 e. The minimum absolute atomic E-state index is 0.164. The van der Waals surface area contributed by atoms with Crippen LogP contribution in [0.5, 0.6) is 0 Å². The summed E-state index contributed by atoms with van der Waals surface area (Å²) in [5.41, 5.74) is 2.13. The highest BCUT2D eigenvalue weighted by Gasteiger charge is 2.16. The van der Waals surface area contributed by atoms with Crippen LogP contribution >= 0.6 is 0 Å². The van der Waals surface area contributed by atoms with Gasteiger partial charge in [-0.15, -0.1) is 0 Å². The van der Waals surface area contributed by atoms with Gasteiger partial charge in [-0.25, -0.2) is 18.7 Å². The molecule has 4 rings (SSSR count). The Morgan fingerprint density at radius 1 is 0.931 bits per heavy atom. The maximum absolute atomic E-state index is 13.9. The van der Waals surface area contributed by atoms with Crippen molar-refractivity contribution in [2.24, 2.45) is 0 Å². The summed E-state index contributed by atoms with van der Waals surface area (Å²) in [4.78, 5) is 21.2. The van der Waals surface area contributed by atoms with Gasteiger partial charge in [0, 0.05) is 17.1 Å². The van der Waals surface area contributed by atoms with Crippen molar-refractivity contribution in [3.05, 3.63) is 89.8 Å². The zero-order valence-corrected chi connectivity index (χ0v) is 15.4. The molecule has 144 valence electrons. The summed E-state index contributed by atoms with van der Waals surface area (Å²) in [5, 5.41) is 6.25. The van der Waals surface area contributed by atoms with Crippen LogP contribution in [0.15, 0.2) is 66.7 Å². The lowest BCUT2D eigenvalue weighted by Gasteiger charge is -2.12. The van der Waals surface area contributed by atoms with Crippen LogP contribution in [-0.4, -0.2) is 15.9 Å². The van der Waals surface area contributed by atoms with E-state index in [0.29, 0.717) is 11.3 Å². The summed E-state index contributed by atoms with van der Waals surface area (Å²) in [6, 6.07) is 17.7. The SMILES string of the molecule is Cc1cccc(Nc2nc(C(=O)Nc3cc(F)ccc3F)nc3ccccc23)c1. The van der Waals surface area contributed by atoms with E-state index in [1.165, 1.54) is 0 Å². The molecule has 7 heteroatoms. The number of nitrogens with zero attached hydrogens (tertiary/aromatic N) is 2. The third-order valence-corrected chi connectivity index (χ3v) is 4.26. The molecule has 0 bridgehead atoms. The van der Waals surface area contributed by atoms with Crippen LogP contribution in [0, 0.1) is 18.6 Å². The van der Waals surface area contributed by atoms with Crippen molar-refractivity contribution in [1.82, 2.24) is 9.97 Å². The number of amides is 1. The number of para-hydroxylation sites is 1. The molecule has 0 aliphatic heterocycles. The van der Waals surface area contributed by atoms with Crippen molar-refractivity contribution in [3.63, 3.8) is 0 Å². The van der Waals surface area contributed by atoms with Crippen molar-refractivity contribution in [1.29, 1.82) is 0 Å². The number of carbonyl (C=O) groups excluding carboxylic acids is 1. The summed E-state index contributed by atoms with van der Waals surface area (Å²) in [6.07, 6.45) is 0. The molecule has 0 fully saturated rings. The van der Waals surface area contributed by atoms with Crippen LogP contribution in [0.25, 0.3) is 10.9 Å². The van der Waals surface area contributed by atoms with Gasteiger partial charge in [0.1, 0.15) is 17.5 Å². The first kappa shape index (κ1) is 18.5. The minimum atomic E-state index is -0.751. The summed E-state index contributed by atoms with van der Waals surface area (Å²) >= 11 is 0. The van der Waals surface area contributed by atoms with E-state index in [0.717, 1.165) is 34.8 Å². The number of anilines is 3. The monoisotopic (exact) mass is 390 g/mol. The molecule has 0 saturated carbocycles. The highest BCUT2D eigenvalue weighted by Crippen LogP contribution is 2.25. The molecule has 0 atom stereocenters. The maximum Gasteiger partial charge on any atom is 0.293 e. The van der Waals surface area contributed by atoms with Gasteiger partial charge in [0.2, 0.25) is 5.82 Å². The van der Waals surface area contributed by atoms with E-state index < -0.39 is 17.5 Å². The molecule has 0 spiro atoms. The van der Waals surface area contributed by atoms with Gasteiger partial charge in [-0.3, -0.25) is 4.79 Å². The van der Waals surface area contributed by atoms with Gasteiger partial charge in [0.15, 0.2) is 0 Å². The Balaban J connectivity index is 1.73. The Hall–Kier alpha value is -3.87. The van der Waals surface area contributed by atoms with Crippen LogP contribution in [0.2, 0.25) is 0 Å². The second-order valence-electron chi connectivity index (χ2n) is 6.49. The standard InChI is InChI=1S/C22H16F2N4O/c1-13-5-4-6-15(11-13)25-20-16-7-2-3-8-18(16)26-21(28-20)22(29)27-19-12-14(23)9-10-17(19)24/h2-12H,1H3,(H,27,29)(H,25,26,28). The first-order chi connectivity index (χ1) is 14.0. The number of nitrogens with one attached hydrogen (secondary N) is 2. The minimum Gasteiger partial charge on any atom is -0.340 e. The number of rotatable bonds is 4. The normalized spacial score (nSPS) is 10.7. The van der Waals surface area contributed by atoms with E-state index in [9.17, 15) is 13.6 Å². The number of aryl methyl sites for hydroxylation is 1. The van der Waals surface area contributed by atoms with Crippen molar-refractivity contribution >= 4 is 34.0 Å². The lowest BCUT2D eigenvalue weighted by Crippen LogP contribution is -2.17. The van der Waals surface area contributed by atoms with Crippen molar-refractivity contribution in [3.8, 4) is 0 Å². The number of hydrogen-bond donors (Lipinski definition) is 2. The Kier molecular flexibility index (Phi) is 4.87. The first-order valence-corrected chi connectivity index (χ1v) is 8.86. The van der Waals surface area contributed by atoms with Gasteiger partial charge in [-0.2, -0.15) is 0 Å². The van der Waals surface area contributed by atoms with E-state index in [4.69, 9.17) is 0 Å². The third kappa shape index (κ3) is 4.03. The molecule has 0 radical (unpaired) electrons. The Labute approximate surface area is 165 Å². The van der Waals surface area contributed by atoms with Gasteiger partial charge in [0.25, 0.3) is 5.91 Å². The smallest absolute Gasteiger partial charge is 0.293 e. The lowest BCUT2D eigenvalue weighted by atomic mass is 10.2. The number of benzene rings is 3. The molecule has 0 saturated heterocycles. The Morgan fingerprint density at radius 3 is 2.59 bits per heavy atom. The number of fused-ring (bicyclic) bond motifs is 1. The van der Waals surface area contributed by atoms with Crippen LogP contribution in [0.4, 0.5) is 26.0 Å². The van der Waals surface area contributed by atoms with Crippen molar-refractivity contribution in [2.75, 3.05) is 10.6 Å². The second kappa shape index (κ2) is 7.63. The summed E-state index contributed by atoms with van der Waals surface area (Å²) in [7, 11) is 0. The van der Waals surface area contributed by atoms with Crippen LogP contribution < -0.4 is 10.6 Å². The summed E-state index contributed by atoms with van der Waals surface area (Å²) in [5.74, 6) is -1.89. The Bertz CT molecular complexity index is 1230. The summed E-state index contributed by atoms with van der Waals surface area (Å²) in [6.45, 7) is 1.97. The van der Waals surface area contributed by atoms with Gasteiger partial charge >= 0.3 is 0 Å². The molecule has 0 unspecified atom stereocenters. The van der Waals surface area contributed by atoms with Crippen LogP contribution in [0.1, 0.15) is 16.2 Å². The fraction of sp³-hybridized carbons (Fsp3) is 0.0455. The van der Waals surface area contributed by atoms with E-state index in [-0.39, 0.29) is 11.5 Å². The van der Waals surface area contributed by atoms with E-state index >= 15 is 0 Å². The molecule has 1 aromatic heterocycles. The zero-order chi connectivity index (χ0) is 20.4. The molecule has 0 aliphatic rings. The van der Waals surface area contributed by atoms with Crippen LogP contribution in [-0.2, 0) is 0 Å². The fourth-order valence-corrected chi connectivity index (χ4v) is 2.90. The third-order valence-electron chi connectivity index (χ3n) is 4.26. The number of halogens is 2. The zero-order valence-electron chi connectivity index (χ0n) is 15.4. The molecule has 3 aromatic carbocycles. The summed E-state index contributed by atoms with van der Waals surface area (Å²) < 4.78 is 27.3. The van der Waals surface area contributed by atoms with Gasteiger partial charge in [-0.1, -0.05) is 24.3 Å². The predicted octanol–water partition coefficient (Wildman–Crippen LogP) is 5.21. The number of carbonyl (C=O) groups is 1. The molecule has 29 heavy (non-hydrogen) atoms. The molecule has 4 aromatic rings. The molecule has 1 heterocycles. The van der Waals surface area contributed by atoms with Gasteiger partial charge < -0.3 is 10.6 Å².